The van der Waals surface area contributed by atoms with Gasteiger partial charge in [0.1, 0.15) is 11.0 Å². The first-order valence-corrected chi connectivity index (χ1v) is 9.10. The number of aryl methyl sites for hydroxylation is 1. The highest BCUT2D eigenvalue weighted by atomic mass is 16.7. The molecule has 2 aromatic carbocycles. The number of carbonyl (C=O) groups is 2. The van der Waals surface area contributed by atoms with E-state index in [9.17, 15) is 9.59 Å². The summed E-state index contributed by atoms with van der Waals surface area (Å²) in [6.45, 7) is -0.209. The minimum Gasteiger partial charge on any atom is -0.465 e. The number of methoxy groups -OCH3 is 1. The van der Waals surface area contributed by atoms with Crippen LogP contribution in [0.2, 0.25) is 0 Å². The molecule has 0 saturated carbocycles. The van der Waals surface area contributed by atoms with Gasteiger partial charge < -0.3 is 14.9 Å². The van der Waals surface area contributed by atoms with Gasteiger partial charge in [-0.25, -0.2) is 4.79 Å². The summed E-state index contributed by atoms with van der Waals surface area (Å²) >= 11 is 0. The third kappa shape index (κ3) is 3.53. The Morgan fingerprint density at radius 1 is 1.25 bits per heavy atom. The van der Waals surface area contributed by atoms with Gasteiger partial charge in [-0.15, -0.1) is 5.10 Å². The lowest BCUT2D eigenvalue weighted by Crippen LogP contribution is -2.36. The molecule has 0 unspecified atom stereocenters. The standard InChI is InChI=1S/C20H20N4O4/c1-27-20(26)14-9-10-17-18(11-14)24(23-22-17)28-12-19(25)21-16-8-4-6-13-5-2-3-7-15(13)16/h2-3,5,7,9-11,16H,4,6,8,12H2,1H3,(H,21,25)/t16-/m1/s1. The maximum atomic E-state index is 12.4. The van der Waals surface area contributed by atoms with E-state index in [-0.39, 0.29) is 18.6 Å². The van der Waals surface area contributed by atoms with Crippen LogP contribution in [-0.2, 0) is 16.0 Å². The van der Waals surface area contributed by atoms with Crippen molar-refractivity contribution in [3.8, 4) is 0 Å². The zero-order valence-electron chi connectivity index (χ0n) is 15.4. The largest absolute Gasteiger partial charge is 0.465 e. The summed E-state index contributed by atoms with van der Waals surface area (Å²) in [6, 6.07) is 13.0. The van der Waals surface area contributed by atoms with Crippen LogP contribution in [0.15, 0.2) is 42.5 Å². The fourth-order valence-electron chi connectivity index (χ4n) is 3.50. The quantitative estimate of drug-likeness (QED) is 0.679. The Hall–Kier alpha value is -3.42. The highest BCUT2D eigenvalue weighted by Crippen LogP contribution is 2.29. The first-order valence-electron chi connectivity index (χ1n) is 9.10. The second-order valence-electron chi connectivity index (χ2n) is 6.64. The average Bonchev–Trinajstić information content (AvgIpc) is 3.14. The summed E-state index contributed by atoms with van der Waals surface area (Å²) < 4.78 is 4.72. The van der Waals surface area contributed by atoms with E-state index < -0.39 is 5.97 Å². The summed E-state index contributed by atoms with van der Waals surface area (Å²) in [6.07, 6.45) is 2.97. The second-order valence-corrected chi connectivity index (χ2v) is 6.64. The van der Waals surface area contributed by atoms with Gasteiger partial charge >= 0.3 is 5.97 Å². The van der Waals surface area contributed by atoms with Crippen molar-refractivity contribution in [3.05, 3.63) is 59.2 Å². The molecular formula is C20H20N4O4. The molecule has 1 amide bonds. The molecule has 0 saturated heterocycles. The molecule has 1 aliphatic rings. The van der Waals surface area contributed by atoms with Gasteiger partial charge in [0.25, 0.3) is 5.91 Å². The van der Waals surface area contributed by atoms with E-state index in [1.54, 1.807) is 18.2 Å². The van der Waals surface area contributed by atoms with Crippen molar-refractivity contribution >= 4 is 22.9 Å². The number of aromatic nitrogens is 3. The fourth-order valence-corrected chi connectivity index (χ4v) is 3.50. The Kier molecular flexibility index (Phi) is 4.92. The van der Waals surface area contributed by atoms with E-state index in [4.69, 9.17) is 9.57 Å². The molecule has 1 N–H and O–H groups in total. The molecule has 1 heterocycles. The Morgan fingerprint density at radius 2 is 2.11 bits per heavy atom. The third-order valence-electron chi connectivity index (χ3n) is 4.86. The van der Waals surface area contributed by atoms with Crippen molar-refractivity contribution in [2.24, 2.45) is 0 Å². The maximum Gasteiger partial charge on any atom is 0.337 e. The lowest BCUT2D eigenvalue weighted by molar-refractivity contribution is -0.127. The molecule has 28 heavy (non-hydrogen) atoms. The molecule has 0 spiro atoms. The van der Waals surface area contributed by atoms with Gasteiger partial charge in [-0.2, -0.15) is 0 Å². The fraction of sp³-hybridized carbons (Fsp3) is 0.300. The molecule has 0 radical (unpaired) electrons. The SMILES string of the molecule is COC(=O)c1ccc2nnn(OCC(=O)N[C@@H]3CCCc4ccccc43)c2c1. The normalized spacial score (nSPS) is 15.7. The first kappa shape index (κ1) is 18.0. The predicted molar refractivity (Wildman–Crippen MR) is 101 cm³/mol. The van der Waals surface area contributed by atoms with Crippen molar-refractivity contribution in [2.75, 3.05) is 13.7 Å². The van der Waals surface area contributed by atoms with E-state index in [0.29, 0.717) is 16.6 Å². The Labute approximate surface area is 161 Å². The predicted octanol–water partition coefficient (Wildman–Crippen LogP) is 1.84. The number of benzene rings is 2. The van der Waals surface area contributed by atoms with Gasteiger partial charge in [0.05, 0.1) is 18.7 Å². The number of nitrogens with one attached hydrogen (secondary N) is 1. The second kappa shape index (κ2) is 7.67. The summed E-state index contributed by atoms with van der Waals surface area (Å²) in [4.78, 5) is 30.8. The average molecular weight is 380 g/mol. The van der Waals surface area contributed by atoms with Crippen LogP contribution < -0.4 is 10.2 Å². The van der Waals surface area contributed by atoms with Crippen LogP contribution in [0.1, 0.15) is 40.4 Å². The summed E-state index contributed by atoms with van der Waals surface area (Å²) in [5.74, 6) is -0.710. The van der Waals surface area contributed by atoms with E-state index >= 15 is 0 Å². The molecule has 0 bridgehead atoms. The summed E-state index contributed by atoms with van der Waals surface area (Å²) in [7, 11) is 1.31. The molecule has 1 atom stereocenters. The van der Waals surface area contributed by atoms with Crippen LogP contribution >= 0.6 is 0 Å². The maximum absolute atomic E-state index is 12.4. The highest BCUT2D eigenvalue weighted by Gasteiger charge is 2.21. The Morgan fingerprint density at radius 3 is 2.96 bits per heavy atom. The molecule has 3 aromatic rings. The number of rotatable bonds is 5. The highest BCUT2D eigenvalue weighted by molar-refractivity contribution is 5.93. The van der Waals surface area contributed by atoms with Crippen molar-refractivity contribution in [1.29, 1.82) is 0 Å². The minimum absolute atomic E-state index is 0.0144. The van der Waals surface area contributed by atoms with E-state index in [1.165, 1.54) is 12.7 Å². The third-order valence-corrected chi connectivity index (χ3v) is 4.86. The van der Waals surface area contributed by atoms with Gasteiger partial charge in [-0.05, 0) is 53.8 Å². The van der Waals surface area contributed by atoms with E-state index in [1.807, 2.05) is 12.1 Å². The van der Waals surface area contributed by atoms with Crippen LogP contribution in [0, 0.1) is 0 Å². The Bertz CT molecular complexity index is 1030. The molecule has 8 heteroatoms. The topological polar surface area (TPSA) is 95.3 Å². The number of carbonyl (C=O) groups excluding carboxylic acids is 2. The molecule has 0 aliphatic heterocycles. The molecule has 1 aromatic heterocycles. The number of fused-ring (bicyclic) bond motifs is 2. The summed E-state index contributed by atoms with van der Waals surface area (Å²) in [5.41, 5.74) is 3.83. The smallest absolute Gasteiger partial charge is 0.337 e. The zero-order valence-corrected chi connectivity index (χ0v) is 15.4. The first-order chi connectivity index (χ1) is 13.7. The lowest BCUT2D eigenvalue weighted by Gasteiger charge is -2.26. The van der Waals surface area contributed by atoms with Crippen LogP contribution in [-0.4, -0.2) is 40.8 Å². The van der Waals surface area contributed by atoms with Crippen LogP contribution in [0.3, 0.4) is 0 Å². The minimum atomic E-state index is -0.469. The molecular weight excluding hydrogens is 360 g/mol. The molecule has 8 nitrogen and oxygen atoms in total. The zero-order chi connectivity index (χ0) is 19.5. The van der Waals surface area contributed by atoms with Crippen LogP contribution in [0.5, 0.6) is 0 Å². The Balaban J connectivity index is 1.43. The lowest BCUT2D eigenvalue weighted by atomic mass is 9.88. The van der Waals surface area contributed by atoms with Crippen LogP contribution in [0.4, 0.5) is 0 Å². The van der Waals surface area contributed by atoms with Crippen molar-refractivity contribution < 1.29 is 19.2 Å². The van der Waals surface area contributed by atoms with Crippen molar-refractivity contribution in [1.82, 2.24) is 20.5 Å². The molecule has 144 valence electrons. The number of esters is 1. The van der Waals surface area contributed by atoms with Gasteiger partial charge in [-0.1, -0.05) is 29.1 Å². The summed E-state index contributed by atoms with van der Waals surface area (Å²) in [5, 5.41) is 10.9. The number of hydrogen-bond donors (Lipinski definition) is 1. The van der Waals surface area contributed by atoms with E-state index in [2.05, 4.69) is 27.8 Å². The molecule has 0 fully saturated rings. The van der Waals surface area contributed by atoms with Gasteiger partial charge in [0, 0.05) is 0 Å². The van der Waals surface area contributed by atoms with Crippen molar-refractivity contribution in [2.45, 2.75) is 25.3 Å². The van der Waals surface area contributed by atoms with E-state index in [0.717, 1.165) is 29.7 Å². The van der Waals surface area contributed by atoms with Gasteiger partial charge in [-0.3, -0.25) is 4.79 Å². The van der Waals surface area contributed by atoms with Gasteiger partial charge in [0.15, 0.2) is 6.61 Å². The number of ether oxygens (including phenoxy) is 1. The number of amides is 1. The van der Waals surface area contributed by atoms with Crippen LogP contribution in [0.25, 0.3) is 11.0 Å². The molecule has 4 rings (SSSR count). The number of nitrogens with zero attached hydrogens (tertiary/aromatic N) is 3. The van der Waals surface area contributed by atoms with Gasteiger partial charge in [0.2, 0.25) is 0 Å². The monoisotopic (exact) mass is 380 g/mol. The molecule has 1 aliphatic carbocycles. The number of hydrogen-bond acceptors (Lipinski definition) is 6. The van der Waals surface area contributed by atoms with Crippen molar-refractivity contribution in [3.63, 3.8) is 0 Å².